The molecule has 2 aliphatic rings. The van der Waals surface area contributed by atoms with Gasteiger partial charge in [-0.3, -0.25) is 9.59 Å². The lowest BCUT2D eigenvalue weighted by Crippen LogP contribution is -2.45. The first-order chi connectivity index (χ1) is 11.0. The van der Waals surface area contributed by atoms with E-state index in [4.69, 9.17) is 0 Å². The van der Waals surface area contributed by atoms with Crippen LogP contribution >= 0.6 is 0 Å². The minimum absolute atomic E-state index is 0.0694. The molecule has 2 aliphatic heterocycles. The Morgan fingerprint density at radius 1 is 1.22 bits per heavy atom. The Labute approximate surface area is 138 Å². The van der Waals surface area contributed by atoms with E-state index in [2.05, 4.69) is 13.0 Å². The highest BCUT2D eigenvalue weighted by atomic mass is 16.2. The van der Waals surface area contributed by atoms with Crippen LogP contribution in [0, 0.1) is 19.8 Å². The van der Waals surface area contributed by atoms with Crippen LogP contribution in [0.15, 0.2) is 18.2 Å². The van der Waals surface area contributed by atoms with Crippen LogP contribution in [0.1, 0.15) is 43.7 Å². The van der Waals surface area contributed by atoms with Gasteiger partial charge in [0, 0.05) is 31.2 Å². The Morgan fingerprint density at radius 3 is 2.70 bits per heavy atom. The van der Waals surface area contributed by atoms with E-state index in [9.17, 15) is 9.59 Å². The number of nitrogens with zero attached hydrogens (tertiary/aromatic N) is 2. The molecule has 2 heterocycles. The van der Waals surface area contributed by atoms with Gasteiger partial charge in [0.15, 0.2) is 0 Å². The van der Waals surface area contributed by atoms with Gasteiger partial charge in [-0.25, -0.2) is 0 Å². The largest absolute Gasteiger partial charge is 0.340 e. The molecule has 0 bridgehead atoms. The van der Waals surface area contributed by atoms with E-state index in [0.29, 0.717) is 19.0 Å². The lowest BCUT2D eigenvalue weighted by Gasteiger charge is -2.35. The van der Waals surface area contributed by atoms with Gasteiger partial charge in [0.2, 0.25) is 11.8 Å². The normalized spacial score (nSPS) is 25.1. The molecule has 2 amide bonds. The van der Waals surface area contributed by atoms with E-state index >= 15 is 0 Å². The second-order valence-electron chi connectivity index (χ2n) is 7.07. The third-order valence-electron chi connectivity index (χ3n) is 5.20. The van der Waals surface area contributed by atoms with Crippen LogP contribution in [-0.4, -0.2) is 35.8 Å². The summed E-state index contributed by atoms with van der Waals surface area (Å²) in [5, 5.41) is 0. The van der Waals surface area contributed by atoms with Crippen molar-refractivity contribution in [1.82, 2.24) is 4.90 Å². The van der Waals surface area contributed by atoms with Crippen molar-refractivity contribution in [3.63, 3.8) is 0 Å². The Balaban J connectivity index is 1.75. The van der Waals surface area contributed by atoms with Crippen molar-refractivity contribution in [2.24, 2.45) is 5.92 Å². The predicted octanol–water partition coefficient (Wildman–Crippen LogP) is 3.06. The Hall–Kier alpha value is -1.84. The summed E-state index contributed by atoms with van der Waals surface area (Å²) in [5.41, 5.74) is 3.23. The number of likely N-dealkylation sites (tertiary alicyclic amines) is 1. The van der Waals surface area contributed by atoms with Crippen molar-refractivity contribution in [3.05, 3.63) is 29.3 Å². The number of hydrogen-bond acceptors (Lipinski definition) is 2. The molecule has 2 saturated heterocycles. The van der Waals surface area contributed by atoms with Crippen LogP contribution in [-0.2, 0) is 9.59 Å². The smallest absolute Gasteiger partial charge is 0.228 e. The second kappa shape index (κ2) is 6.34. The number of anilines is 1. The molecule has 0 N–H and O–H groups in total. The van der Waals surface area contributed by atoms with Crippen LogP contribution in [0.25, 0.3) is 0 Å². The molecule has 1 aromatic carbocycles. The number of piperidine rings is 1. The van der Waals surface area contributed by atoms with E-state index in [1.54, 1.807) is 4.90 Å². The van der Waals surface area contributed by atoms with Crippen molar-refractivity contribution >= 4 is 17.5 Å². The van der Waals surface area contributed by atoms with Crippen molar-refractivity contribution in [2.75, 3.05) is 18.0 Å². The van der Waals surface area contributed by atoms with Crippen LogP contribution in [0.4, 0.5) is 5.69 Å². The zero-order valence-electron chi connectivity index (χ0n) is 14.3. The Morgan fingerprint density at radius 2 is 2.00 bits per heavy atom. The lowest BCUT2D eigenvalue weighted by atomic mass is 9.99. The number of amides is 2. The standard InChI is InChI=1S/C19H26N2O2/c1-13-7-8-17(14(2)10-13)21-12-16(11-18(21)22)19(23)20-9-5-4-6-15(20)3/h7-8,10,15-16H,4-6,9,11-12H2,1-3H3. The number of carbonyl (C=O) groups is 2. The van der Waals surface area contributed by atoms with Gasteiger partial charge in [0.05, 0.1) is 5.92 Å². The minimum Gasteiger partial charge on any atom is -0.340 e. The van der Waals surface area contributed by atoms with Gasteiger partial charge in [0.1, 0.15) is 0 Å². The summed E-state index contributed by atoms with van der Waals surface area (Å²) in [6.45, 7) is 7.55. The quantitative estimate of drug-likeness (QED) is 0.842. The molecule has 0 aliphatic carbocycles. The third-order valence-corrected chi connectivity index (χ3v) is 5.20. The number of aryl methyl sites for hydroxylation is 2. The van der Waals surface area contributed by atoms with Gasteiger partial charge in [-0.2, -0.15) is 0 Å². The first-order valence-electron chi connectivity index (χ1n) is 8.65. The molecule has 0 radical (unpaired) electrons. The fourth-order valence-electron chi connectivity index (χ4n) is 3.87. The van der Waals surface area contributed by atoms with E-state index in [-0.39, 0.29) is 17.7 Å². The second-order valence-corrected chi connectivity index (χ2v) is 7.07. The first-order valence-corrected chi connectivity index (χ1v) is 8.65. The summed E-state index contributed by atoms with van der Waals surface area (Å²) in [6.07, 6.45) is 3.70. The van der Waals surface area contributed by atoms with Gasteiger partial charge in [-0.05, 0) is 51.7 Å². The maximum atomic E-state index is 12.8. The molecule has 4 nitrogen and oxygen atoms in total. The molecule has 2 fully saturated rings. The predicted molar refractivity (Wildman–Crippen MR) is 91.4 cm³/mol. The molecular formula is C19H26N2O2. The summed E-state index contributed by atoms with van der Waals surface area (Å²) in [5.74, 6) is 0.0431. The molecule has 0 saturated carbocycles. The van der Waals surface area contributed by atoms with Crippen molar-refractivity contribution in [1.29, 1.82) is 0 Å². The molecule has 2 unspecified atom stereocenters. The van der Waals surface area contributed by atoms with E-state index in [1.807, 2.05) is 30.9 Å². The zero-order valence-corrected chi connectivity index (χ0v) is 14.3. The molecule has 23 heavy (non-hydrogen) atoms. The zero-order chi connectivity index (χ0) is 16.6. The Kier molecular flexibility index (Phi) is 4.42. The van der Waals surface area contributed by atoms with E-state index in [1.165, 1.54) is 12.0 Å². The minimum atomic E-state index is -0.191. The van der Waals surface area contributed by atoms with Gasteiger partial charge in [-0.1, -0.05) is 17.7 Å². The monoisotopic (exact) mass is 314 g/mol. The summed E-state index contributed by atoms with van der Waals surface area (Å²) in [7, 11) is 0. The lowest BCUT2D eigenvalue weighted by molar-refractivity contribution is -0.139. The number of rotatable bonds is 2. The SMILES string of the molecule is Cc1ccc(N2CC(C(=O)N3CCCCC3C)CC2=O)c(C)c1. The fraction of sp³-hybridized carbons (Fsp3) is 0.579. The van der Waals surface area contributed by atoms with Crippen LogP contribution < -0.4 is 4.90 Å². The van der Waals surface area contributed by atoms with Gasteiger partial charge in [-0.15, -0.1) is 0 Å². The van der Waals surface area contributed by atoms with Gasteiger partial charge >= 0.3 is 0 Å². The van der Waals surface area contributed by atoms with Crippen molar-refractivity contribution < 1.29 is 9.59 Å². The van der Waals surface area contributed by atoms with E-state index < -0.39 is 0 Å². The van der Waals surface area contributed by atoms with Crippen LogP contribution in [0.2, 0.25) is 0 Å². The van der Waals surface area contributed by atoms with Gasteiger partial charge < -0.3 is 9.80 Å². The summed E-state index contributed by atoms with van der Waals surface area (Å²) in [6, 6.07) is 6.42. The molecule has 1 aromatic rings. The topological polar surface area (TPSA) is 40.6 Å². The molecule has 3 rings (SSSR count). The highest BCUT2D eigenvalue weighted by molar-refractivity contribution is 6.00. The highest BCUT2D eigenvalue weighted by Crippen LogP contribution is 2.30. The van der Waals surface area contributed by atoms with Crippen LogP contribution in [0.3, 0.4) is 0 Å². The average Bonchev–Trinajstić information content (AvgIpc) is 2.89. The summed E-state index contributed by atoms with van der Waals surface area (Å²) >= 11 is 0. The van der Waals surface area contributed by atoms with Gasteiger partial charge in [0.25, 0.3) is 0 Å². The number of hydrogen-bond donors (Lipinski definition) is 0. The number of benzene rings is 1. The highest BCUT2D eigenvalue weighted by Gasteiger charge is 2.39. The average molecular weight is 314 g/mol. The maximum Gasteiger partial charge on any atom is 0.228 e. The Bertz CT molecular complexity index is 626. The first kappa shape index (κ1) is 16.0. The van der Waals surface area contributed by atoms with Crippen LogP contribution in [0.5, 0.6) is 0 Å². The maximum absolute atomic E-state index is 12.8. The molecule has 124 valence electrons. The third kappa shape index (κ3) is 3.12. The fourth-order valence-corrected chi connectivity index (χ4v) is 3.87. The molecule has 0 spiro atoms. The van der Waals surface area contributed by atoms with E-state index in [0.717, 1.165) is 30.6 Å². The summed E-state index contributed by atoms with van der Waals surface area (Å²) < 4.78 is 0. The number of carbonyl (C=O) groups excluding carboxylic acids is 2. The van der Waals surface area contributed by atoms with Crippen molar-refractivity contribution in [2.45, 2.75) is 52.5 Å². The summed E-state index contributed by atoms with van der Waals surface area (Å²) in [4.78, 5) is 29.1. The molecule has 4 heteroatoms. The molecular weight excluding hydrogens is 288 g/mol. The van der Waals surface area contributed by atoms with Crippen molar-refractivity contribution in [3.8, 4) is 0 Å². The molecule has 0 aromatic heterocycles. The molecule has 2 atom stereocenters.